The predicted octanol–water partition coefficient (Wildman–Crippen LogP) is 6.40. The van der Waals surface area contributed by atoms with Crippen molar-refractivity contribution in [3.63, 3.8) is 0 Å². The summed E-state index contributed by atoms with van der Waals surface area (Å²) in [6.07, 6.45) is 5.67. The monoisotopic (exact) mass is 754 g/mol. The summed E-state index contributed by atoms with van der Waals surface area (Å²) in [6, 6.07) is 21.2. The first kappa shape index (κ1) is 36.8. The molecule has 0 unspecified atom stereocenters. The van der Waals surface area contributed by atoms with Crippen molar-refractivity contribution < 1.29 is 27.5 Å². The highest BCUT2D eigenvalue weighted by Crippen LogP contribution is 2.34. The Kier molecular flexibility index (Phi) is 10.2. The molecule has 0 saturated heterocycles. The topological polar surface area (TPSA) is 120 Å². The summed E-state index contributed by atoms with van der Waals surface area (Å²) in [7, 11) is 3.66. The zero-order valence-electron chi connectivity index (χ0n) is 29.7. The summed E-state index contributed by atoms with van der Waals surface area (Å²) in [5, 5.41) is 2.78. The first-order chi connectivity index (χ1) is 27.0. The molecule has 11 nitrogen and oxygen atoms in total. The van der Waals surface area contributed by atoms with Gasteiger partial charge in [0, 0.05) is 47.9 Å². The van der Waals surface area contributed by atoms with E-state index in [1.54, 1.807) is 0 Å². The highest BCUT2D eigenvalue weighted by molar-refractivity contribution is 6.05. The number of anilines is 1. The fourth-order valence-electron chi connectivity index (χ4n) is 5.79. The maximum absolute atomic E-state index is 15.6. The molecule has 7 aromatic rings. The summed E-state index contributed by atoms with van der Waals surface area (Å²) < 4.78 is 52.2. The van der Waals surface area contributed by atoms with Crippen molar-refractivity contribution >= 4 is 28.5 Å². The Balaban J connectivity index is 1.20. The lowest BCUT2D eigenvalue weighted by Gasteiger charge is -2.12. The number of amides is 1. The quantitative estimate of drug-likeness (QED) is 0.178. The molecule has 4 aromatic heterocycles. The number of aromatic nitrogens is 4. The highest BCUT2D eigenvalue weighted by atomic mass is 19.1. The number of ether oxygens (including phenoxy) is 1. The van der Waals surface area contributed by atoms with Gasteiger partial charge in [0.25, 0.3) is 22.9 Å². The van der Waals surface area contributed by atoms with E-state index in [0.29, 0.717) is 23.5 Å². The van der Waals surface area contributed by atoms with Crippen LogP contribution in [0.1, 0.15) is 26.3 Å². The first-order valence-corrected chi connectivity index (χ1v) is 16.9. The molecule has 0 aliphatic carbocycles. The van der Waals surface area contributed by atoms with E-state index in [0.717, 1.165) is 10.6 Å². The molecule has 56 heavy (non-hydrogen) atoms. The molecule has 7 rings (SSSR count). The molecule has 0 fully saturated rings. The Morgan fingerprint density at radius 1 is 0.786 bits per heavy atom. The minimum atomic E-state index is -0.870. The van der Waals surface area contributed by atoms with E-state index < -0.39 is 40.4 Å². The second kappa shape index (κ2) is 15.5. The van der Waals surface area contributed by atoms with E-state index >= 15 is 4.39 Å². The standard InChI is InChI=1S/C42H29F3N6O5/c1-48(2)21-3-6-26-25-51(42(55)33-8-5-23-50(41(33)54)31-16-11-28(44)12-17-31)38-37(26)36(19-20-46-38)56-35-18-13-29(24-34(35)45)47-39(52)32-7-4-22-49(40(32)53)30-14-9-27(43)10-15-30/h4-5,7-20,22-25H,21H2,1-2H3,(H,47,52). The molecule has 0 bridgehead atoms. The number of benzene rings is 3. The summed E-state index contributed by atoms with van der Waals surface area (Å²) in [6.45, 7) is 0.364. The van der Waals surface area contributed by atoms with Crippen LogP contribution in [0.4, 0.5) is 18.9 Å². The number of halogens is 3. The van der Waals surface area contributed by atoms with E-state index in [4.69, 9.17) is 4.74 Å². The van der Waals surface area contributed by atoms with Gasteiger partial charge in [-0.1, -0.05) is 11.8 Å². The highest BCUT2D eigenvalue weighted by Gasteiger charge is 2.23. The SMILES string of the molecule is CN(C)CC#Cc1cn(C(=O)c2cccn(-c3ccc(F)cc3)c2=O)c2nccc(Oc3ccc(NC(=O)c4cccn(-c5ccc(F)cc5)c4=O)cc3F)c12. The number of pyridine rings is 3. The molecule has 3 aromatic carbocycles. The number of hydrogen-bond donors (Lipinski definition) is 1. The van der Waals surface area contributed by atoms with Gasteiger partial charge in [0.05, 0.1) is 17.5 Å². The van der Waals surface area contributed by atoms with Crippen molar-refractivity contribution in [2.45, 2.75) is 0 Å². The molecular formula is C42H29F3N6O5. The molecule has 0 saturated carbocycles. The fraction of sp³-hybridized carbons (Fsp3) is 0.0714. The predicted molar refractivity (Wildman–Crippen MR) is 203 cm³/mol. The van der Waals surface area contributed by atoms with Crippen molar-refractivity contribution in [2.24, 2.45) is 0 Å². The zero-order chi connectivity index (χ0) is 39.5. The van der Waals surface area contributed by atoms with Crippen LogP contribution in [0.2, 0.25) is 0 Å². The van der Waals surface area contributed by atoms with E-state index in [2.05, 4.69) is 22.1 Å². The number of fused-ring (bicyclic) bond motifs is 1. The van der Waals surface area contributed by atoms with Crippen LogP contribution in [0.15, 0.2) is 131 Å². The number of hydrogen-bond acceptors (Lipinski definition) is 7. The number of rotatable bonds is 8. The van der Waals surface area contributed by atoms with Crippen molar-refractivity contribution in [2.75, 3.05) is 26.0 Å². The van der Waals surface area contributed by atoms with E-state index in [9.17, 15) is 28.0 Å². The molecule has 1 N–H and O–H groups in total. The van der Waals surface area contributed by atoms with E-state index in [1.165, 1.54) is 125 Å². The van der Waals surface area contributed by atoms with Crippen LogP contribution in [-0.2, 0) is 0 Å². The summed E-state index contributed by atoms with van der Waals surface area (Å²) >= 11 is 0. The molecule has 1 amide bonds. The fourth-order valence-corrected chi connectivity index (χ4v) is 5.79. The second-order valence-electron chi connectivity index (χ2n) is 12.6. The maximum Gasteiger partial charge on any atom is 0.269 e. The van der Waals surface area contributed by atoms with Gasteiger partial charge in [-0.2, -0.15) is 0 Å². The first-order valence-electron chi connectivity index (χ1n) is 16.9. The number of nitrogens with zero attached hydrogens (tertiary/aromatic N) is 5. The molecule has 278 valence electrons. The average molecular weight is 755 g/mol. The van der Waals surface area contributed by atoms with Gasteiger partial charge in [-0.05, 0) is 105 Å². The minimum Gasteiger partial charge on any atom is -0.453 e. The summed E-state index contributed by atoms with van der Waals surface area (Å²) in [4.78, 5) is 60.0. The lowest BCUT2D eigenvalue weighted by Crippen LogP contribution is -2.27. The Morgan fingerprint density at radius 3 is 2.00 bits per heavy atom. The van der Waals surface area contributed by atoms with Crippen molar-refractivity contribution in [3.8, 4) is 34.7 Å². The lowest BCUT2D eigenvalue weighted by molar-refractivity contribution is 0.0961. The van der Waals surface area contributed by atoms with Gasteiger partial charge in [-0.25, -0.2) is 18.2 Å². The second-order valence-corrected chi connectivity index (χ2v) is 12.6. The Hall–Kier alpha value is -7.50. The normalized spacial score (nSPS) is 11.0. The lowest BCUT2D eigenvalue weighted by atomic mass is 10.2. The molecule has 4 heterocycles. The van der Waals surface area contributed by atoms with Gasteiger partial charge >= 0.3 is 0 Å². The van der Waals surface area contributed by atoms with Gasteiger partial charge in [0.2, 0.25) is 0 Å². The van der Waals surface area contributed by atoms with Crippen molar-refractivity contribution in [1.29, 1.82) is 0 Å². The van der Waals surface area contributed by atoms with E-state index in [1.807, 2.05) is 19.0 Å². The molecule has 14 heteroatoms. The van der Waals surface area contributed by atoms with Crippen LogP contribution >= 0.6 is 0 Å². The minimum absolute atomic E-state index is 0.0254. The molecule has 0 radical (unpaired) electrons. The third-order valence-electron chi connectivity index (χ3n) is 8.47. The Bertz CT molecular complexity index is 2830. The molecule has 0 atom stereocenters. The summed E-state index contributed by atoms with van der Waals surface area (Å²) in [5.74, 6) is 2.51. The third-order valence-corrected chi connectivity index (χ3v) is 8.47. The maximum atomic E-state index is 15.6. The number of carbonyl (C=O) groups is 2. The number of carbonyl (C=O) groups excluding carboxylic acids is 2. The molecular weight excluding hydrogens is 725 g/mol. The van der Waals surface area contributed by atoms with Gasteiger partial charge in [0.15, 0.2) is 17.2 Å². The van der Waals surface area contributed by atoms with Crippen molar-refractivity contribution in [3.05, 3.63) is 177 Å². The van der Waals surface area contributed by atoms with Crippen LogP contribution in [0, 0.1) is 29.3 Å². The average Bonchev–Trinajstić information content (AvgIpc) is 3.56. The van der Waals surface area contributed by atoms with Crippen LogP contribution < -0.4 is 21.2 Å². The molecule has 0 aliphatic heterocycles. The Morgan fingerprint density at radius 2 is 1.39 bits per heavy atom. The van der Waals surface area contributed by atoms with Crippen LogP contribution in [0.5, 0.6) is 11.5 Å². The van der Waals surface area contributed by atoms with Gasteiger partial charge in [0.1, 0.15) is 28.5 Å². The Labute approximate surface area is 316 Å². The van der Waals surface area contributed by atoms with Crippen LogP contribution in [-0.4, -0.2) is 56.0 Å². The molecule has 0 aliphatic rings. The summed E-state index contributed by atoms with van der Waals surface area (Å²) in [5.41, 5.74) is -0.642. The van der Waals surface area contributed by atoms with Crippen molar-refractivity contribution in [1.82, 2.24) is 23.6 Å². The number of nitrogens with one attached hydrogen (secondary N) is 1. The zero-order valence-corrected chi connectivity index (χ0v) is 29.7. The third kappa shape index (κ3) is 7.47. The molecule has 0 spiro atoms. The van der Waals surface area contributed by atoms with Crippen LogP contribution in [0.3, 0.4) is 0 Å². The van der Waals surface area contributed by atoms with E-state index in [-0.39, 0.29) is 39.3 Å². The van der Waals surface area contributed by atoms with Gasteiger partial charge in [-0.15, -0.1) is 0 Å². The van der Waals surface area contributed by atoms with Gasteiger partial charge in [-0.3, -0.25) is 37.8 Å². The largest absolute Gasteiger partial charge is 0.453 e. The smallest absolute Gasteiger partial charge is 0.269 e. The van der Waals surface area contributed by atoms with Gasteiger partial charge < -0.3 is 10.1 Å². The van der Waals surface area contributed by atoms with Crippen LogP contribution in [0.25, 0.3) is 22.4 Å².